The Kier molecular flexibility index (Phi) is 5.83. The molecule has 0 saturated carbocycles. The Labute approximate surface area is 180 Å². The third-order valence-electron chi connectivity index (χ3n) is 5.20. The molecule has 2 aliphatic rings. The molecule has 4 nitrogen and oxygen atoms in total. The van der Waals surface area contributed by atoms with Crippen LogP contribution in [0.15, 0.2) is 59.5 Å². The SMILES string of the molecule is CCCCN1C(=O)/C(=C2\SC(=S)N(CCc3ccccc3)C2=O)c2ccccc21. The summed E-state index contributed by atoms with van der Waals surface area (Å²) in [6.45, 7) is 3.27. The number of carbonyl (C=O) groups is 2. The van der Waals surface area contributed by atoms with Crippen molar-refractivity contribution in [1.29, 1.82) is 0 Å². The molecule has 1 saturated heterocycles. The lowest BCUT2D eigenvalue weighted by atomic mass is 10.1. The quantitative estimate of drug-likeness (QED) is 0.502. The van der Waals surface area contributed by atoms with Crippen LogP contribution in [0.2, 0.25) is 0 Å². The number of hydrogen-bond acceptors (Lipinski definition) is 4. The minimum absolute atomic E-state index is 0.0943. The largest absolute Gasteiger partial charge is 0.308 e. The summed E-state index contributed by atoms with van der Waals surface area (Å²) in [5, 5.41) is 0. The molecular weight excluding hydrogens is 400 g/mol. The molecule has 0 bridgehead atoms. The second kappa shape index (κ2) is 8.51. The van der Waals surface area contributed by atoms with Gasteiger partial charge in [-0.1, -0.05) is 85.9 Å². The van der Waals surface area contributed by atoms with Gasteiger partial charge in [-0.3, -0.25) is 14.5 Å². The number of anilines is 1. The monoisotopic (exact) mass is 422 g/mol. The molecule has 148 valence electrons. The minimum Gasteiger partial charge on any atom is -0.308 e. The molecule has 0 aromatic heterocycles. The van der Waals surface area contributed by atoms with Crippen LogP contribution >= 0.6 is 24.0 Å². The number of rotatable bonds is 6. The van der Waals surface area contributed by atoms with Crippen molar-refractivity contribution in [2.45, 2.75) is 26.2 Å². The molecule has 4 rings (SSSR count). The fourth-order valence-corrected chi connectivity index (χ4v) is 5.05. The van der Waals surface area contributed by atoms with Crippen LogP contribution in [-0.4, -0.2) is 34.1 Å². The van der Waals surface area contributed by atoms with Gasteiger partial charge in [0.25, 0.3) is 11.8 Å². The zero-order chi connectivity index (χ0) is 20.4. The van der Waals surface area contributed by atoms with Crippen LogP contribution in [0.1, 0.15) is 30.9 Å². The van der Waals surface area contributed by atoms with E-state index >= 15 is 0 Å². The molecule has 1 fully saturated rings. The van der Waals surface area contributed by atoms with Crippen LogP contribution in [-0.2, 0) is 16.0 Å². The summed E-state index contributed by atoms with van der Waals surface area (Å²) in [5.41, 5.74) is 3.37. The van der Waals surface area contributed by atoms with E-state index in [4.69, 9.17) is 12.2 Å². The third kappa shape index (κ3) is 3.74. The number of para-hydroxylation sites is 1. The van der Waals surface area contributed by atoms with Gasteiger partial charge in [0.05, 0.1) is 16.2 Å². The van der Waals surface area contributed by atoms with E-state index in [-0.39, 0.29) is 11.8 Å². The summed E-state index contributed by atoms with van der Waals surface area (Å²) in [6.07, 6.45) is 2.65. The van der Waals surface area contributed by atoms with E-state index in [1.165, 1.54) is 11.8 Å². The van der Waals surface area contributed by atoms with Gasteiger partial charge in [0.15, 0.2) is 0 Å². The van der Waals surface area contributed by atoms with Crippen molar-refractivity contribution in [2.24, 2.45) is 0 Å². The van der Waals surface area contributed by atoms with Gasteiger partial charge in [-0.25, -0.2) is 0 Å². The van der Waals surface area contributed by atoms with Gasteiger partial charge >= 0.3 is 0 Å². The molecule has 0 radical (unpaired) electrons. The first kappa shape index (κ1) is 19.9. The molecule has 0 spiro atoms. The maximum absolute atomic E-state index is 13.2. The topological polar surface area (TPSA) is 40.6 Å². The van der Waals surface area contributed by atoms with Gasteiger partial charge in [-0.05, 0) is 24.5 Å². The van der Waals surface area contributed by atoms with Gasteiger partial charge in [0.1, 0.15) is 4.32 Å². The average molecular weight is 423 g/mol. The molecule has 2 heterocycles. The third-order valence-corrected chi connectivity index (χ3v) is 6.65. The van der Waals surface area contributed by atoms with Crippen molar-refractivity contribution in [1.82, 2.24) is 4.90 Å². The Bertz CT molecular complexity index is 1000. The second-order valence-electron chi connectivity index (χ2n) is 7.09. The number of amides is 2. The van der Waals surface area contributed by atoms with Crippen LogP contribution in [0.5, 0.6) is 0 Å². The Morgan fingerprint density at radius 3 is 2.38 bits per heavy atom. The molecular formula is C23H22N2O2S2. The number of unbranched alkanes of at least 4 members (excludes halogenated alkanes) is 1. The summed E-state index contributed by atoms with van der Waals surface area (Å²) in [7, 11) is 0. The zero-order valence-corrected chi connectivity index (χ0v) is 17.9. The van der Waals surface area contributed by atoms with Crippen molar-refractivity contribution < 1.29 is 9.59 Å². The Morgan fingerprint density at radius 1 is 0.897 bits per heavy atom. The fraction of sp³-hybridized carbons (Fsp3) is 0.261. The predicted molar refractivity (Wildman–Crippen MR) is 123 cm³/mol. The van der Waals surface area contributed by atoms with Crippen molar-refractivity contribution in [3.05, 3.63) is 70.6 Å². The van der Waals surface area contributed by atoms with Crippen molar-refractivity contribution in [3.8, 4) is 0 Å². The molecule has 0 N–H and O–H groups in total. The first-order valence-corrected chi connectivity index (χ1v) is 11.1. The van der Waals surface area contributed by atoms with E-state index in [9.17, 15) is 9.59 Å². The average Bonchev–Trinajstić information content (AvgIpc) is 3.17. The number of fused-ring (bicyclic) bond motifs is 1. The second-order valence-corrected chi connectivity index (χ2v) is 8.74. The van der Waals surface area contributed by atoms with Crippen LogP contribution in [0.25, 0.3) is 5.57 Å². The van der Waals surface area contributed by atoms with E-state index in [2.05, 4.69) is 6.92 Å². The van der Waals surface area contributed by atoms with Crippen LogP contribution in [0, 0.1) is 0 Å². The normalized spacial score (nSPS) is 18.7. The van der Waals surface area contributed by atoms with E-state index in [1.807, 2.05) is 54.6 Å². The van der Waals surface area contributed by atoms with Crippen molar-refractivity contribution in [2.75, 3.05) is 18.0 Å². The molecule has 2 aromatic rings. The number of thioether (sulfide) groups is 1. The smallest absolute Gasteiger partial charge is 0.267 e. The highest BCUT2D eigenvalue weighted by atomic mass is 32.2. The highest BCUT2D eigenvalue weighted by molar-refractivity contribution is 8.26. The lowest BCUT2D eigenvalue weighted by Crippen LogP contribution is -2.31. The lowest BCUT2D eigenvalue weighted by Gasteiger charge is -2.16. The van der Waals surface area contributed by atoms with Gasteiger partial charge < -0.3 is 4.90 Å². The van der Waals surface area contributed by atoms with Crippen LogP contribution in [0.3, 0.4) is 0 Å². The van der Waals surface area contributed by atoms with Crippen LogP contribution < -0.4 is 4.90 Å². The number of carbonyl (C=O) groups excluding carboxylic acids is 2. The maximum Gasteiger partial charge on any atom is 0.267 e. The van der Waals surface area contributed by atoms with Crippen molar-refractivity contribution >= 4 is 51.4 Å². The molecule has 2 aromatic carbocycles. The molecule has 29 heavy (non-hydrogen) atoms. The highest BCUT2D eigenvalue weighted by Crippen LogP contribution is 2.44. The molecule has 0 unspecified atom stereocenters. The number of nitrogens with zero attached hydrogens (tertiary/aromatic N) is 2. The Hall–Kier alpha value is -2.44. The van der Waals surface area contributed by atoms with E-state index in [0.717, 1.165) is 36.1 Å². The van der Waals surface area contributed by atoms with E-state index < -0.39 is 0 Å². The van der Waals surface area contributed by atoms with Gasteiger partial charge in [-0.15, -0.1) is 0 Å². The zero-order valence-electron chi connectivity index (χ0n) is 16.3. The molecule has 0 aliphatic carbocycles. The lowest BCUT2D eigenvalue weighted by molar-refractivity contribution is -0.122. The molecule has 0 atom stereocenters. The summed E-state index contributed by atoms with van der Waals surface area (Å²) < 4.78 is 0.519. The van der Waals surface area contributed by atoms with Crippen LogP contribution in [0.4, 0.5) is 5.69 Å². The molecule has 2 aliphatic heterocycles. The summed E-state index contributed by atoms with van der Waals surface area (Å²) >= 11 is 6.74. The first-order chi connectivity index (χ1) is 14.1. The minimum atomic E-state index is -0.161. The summed E-state index contributed by atoms with van der Waals surface area (Å²) in [6, 6.07) is 17.7. The first-order valence-electron chi connectivity index (χ1n) is 9.85. The summed E-state index contributed by atoms with van der Waals surface area (Å²) in [4.78, 5) is 30.3. The highest BCUT2D eigenvalue weighted by Gasteiger charge is 2.41. The number of thiocarbonyl (C=S) groups is 1. The van der Waals surface area contributed by atoms with Gasteiger partial charge in [0.2, 0.25) is 0 Å². The van der Waals surface area contributed by atoms with Gasteiger partial charge in [-0.2, -0.15) is 0 Å². The fourth-order valence-electron chi connectivity index (χ4n) is 3.67. The summed E-state index contributed by atoms with van der Waals surface area (Å²) in [5.74, 6) is -0.255. The van der Waals surface area contributed by atoms with E-state index in [0.29, 0.717) is 27.9 Å². The van der Waals surface area contributed by atoms with E-state index in [1.54, 1.807) is 9.80 Å². The predicted octanol–water partition coefficient (Wildman–Crippen LogP) is 4.65. The number of benzene rings is 2. The van der Waals surface area contributed by atoms with Gasteiger partial charge in [0, 0.05) is 18.7 Å². The Morgan fingerprint density at radius 2 is 1.62 bits per heavy atom. The standard InChI is InChI=1S/C23H22N2O2S2/c1-2-3-14-24-18-12-8-7-11-17(18)19(21(24)26)20-22(27)25(23(28)29-20)15-13-16-9-5-4-6-10-16/h4-12H,2-3,13-15H2,1H3/b20-19-. The van der Waals surface area contributed by atoms with Crippen molar-refractivity contribution in [3.63, 3.8) is 0 Å². The Balaban J connectivity index is 1.64. The molecule has 6 heteroatoms. The molecule has 2 amide bonds. The number of hydrogen-bond donors (Lipinski definition) is 0. The maximum atomic E-state index is 13.2.